The number of nitrogens with one attached hydrogen (secondary N) is 2. The zero-order chi connectivity index (χ0) is 15.1. The number of carbonyl (C=O) groups excluding carboxylic acids is 1. The normalized spacial score (nSPS) is 11.9. The first-order chi connectivity index (χ1) is 10.1. The van der Waals surface area contributed by atoms with Gasteiger partial charge in [-0.05, 0) is 49.2 Å². The van der Waals surface area contributed by atoms with Crippen LogP contribution in [-0.4, -0.2) is 17.4 Å². The summed E-state index contributed by atoms with van der Waals surface area (Å²) >= 11 is 0. The minimum Gasteiger partial charge on any atom is -0.326 e. The molecule has 0 aliphatic carbocycles. The smallest absolute Gasteiger partial charge is 0.221 e. The second-order valence-corrected chi connectivity index (χ2v) is 5.09. The monoisotopic (exact) mass is 283 g/mol. The number of nitrogens with zero attached hydrogens (tertiary/aromatic N) is 1. The van der Waals surface area contributed by atoms with Gasteiger partial charge < -0.3 is 10.6 Å². The molecule has 1 amide bonds. The second-order valence-electron chi connectivity index (χ2n) is 5.09. The van der Waals surface area contributed by atoms with Gasteiger partial charge in [-0.15, -0.1) is 0 Å². The third-order valence-corrected chi connectivity index (χ3v) is 3.29. The van der Waals surface area contributed by atoms with Gasteiger partial charge in [0.2, 0.25) is 5.91 Å². The van der Waals surface area contributed by atoms with E-state index in [1.54, 1.807) is 6.20 Å². The third kappa shape index (κ3) is 5.00. The average molecular weight is 283 g/mol. The van der Waals surface area contributed by atoms with E-state index in [0.29, 0.717) is 0 Å². The summed E-state index contributed by atoms with van der Waals surface area (Å²) in [5, 5.41) is 6.29. The molecule has 0 radical (unpaired) electrons. The van der Waals surface area contributed by atoms with Crippen molar-refractivity contribution in [1.82, 2.24) is 10.3 Å². The van der Waals surface area contributed by atoms with Crippen LogP contribution in [0.2, 0.25) is 0 Å². The van der Waals surface area contributed by atoms with E-state index in [-0.39, 0.29) is 11.9 Å². The highest BCUT2D eigenvalue weighted by atomic mass is 16.1. The Morgan fingerprint density at radius 3 is 2.86 bits per heavy atom. The van der Waals surface area contributed by atoms with Crippen molar-refractivity contribution >= 4 is 11.6 Å². The maximum absolute atomic E-state index is 11.1. The summed E-state index contributed by atoms with van der Waals surface area (Å²) in [4.78, 5) is 15.2. The Bertz CT molecular complexity index is 584. The van der Waals surface area contributed by atoms with Gasteiger partial charge in [-0.2, -0.15) is 0 Å². The number of amides is 1. The molecule has 0 bridgehead atoms. The zero-order valence-electron chi connectivity index (χ0n) is 12.5. The maximum atomic E-state index is 11.1. The molecule has 0 saturated heterocycles. The number of hydrogen-bond acceptors (Lipinski definition) is 3. The van der Waals surface area contributed by atoms with Crippen molar-refractivity contribution in [2.45, 2.75) is 26.3 Å². The van der Waals surface area contributed by atoms with E-state index >= 15 is 0 Å². The molecule has 0 aliphatic rings. The van der Waals surface area contributed by atoms with Gasteiger partial charge in [-0.25, -0.2) is 0 Å². The van der Waals surface area contributed by atoms with Crippen molar-refractivity contribution < 1.29 is 4.79 Å². The summed E-state index contributed by atoms with van der Waals surface area (Å²) in [5.74, 6) is -0.0515. The number of anilines is 1. The number of carbonyl (C=O) groups is 1. The molecule has 21 heavy (non-hydrogen) atoms. The molecule has 110 valence electrons. The highest BCUT2D eigenvalue weighted by Crippen LogP contribution is 2.17. The first-order valence-corrected chi connectivity index (χ1v) is 7.15. The number of benzene rings is 1. The van der Waals surface area contributed by atoms with Gasteiger partial charge in [0, 0.05) is 31.0 Å². The SMILES string of the molecule is CC(=O)Nc1cccc(C(C)NCCc2cccnc2)c1. The fourth-order valence-electron chi connectivity index (χ4n) is 2.19. The van der Waals surface area contributed by atoms with Crippen LogP contribution in [0.5, 0.6) is 0 Å². The van der Waals surface area contributed by atoms with Gasteiger partial charge in [0.15, 0.2) is 0 Å². The molecule has 1 aromatic heterocycles. The van der Waals surface area contributed by atoms with Crippen molar-refractivity contribution in [1.29, 1.82) is 0 Å². The van der Waals surface area contributed by atoms with Crippen molar-refractivity contribution in [2.24, 2.45) is 0 Å². The lowest BCUT2D eigenvalue weighted by Crippen LogP contribution is -2.21. The standard InChI is InChI=1S/C17H21N3O/c1-13(19-10-8-15-5-4-9-18-12-15)16-6-3-7-17(11-16)20-14(2)21/h3-7,9,11-13,19H,8,10H2,1-2H3,(H,20,21). The number of rotatable bonds is 6. The van der Waals surface area contributed by atoms with Gasteiger partial charge >= 0.3 is 0 Å². The molecular weight excluding hydrogens is 262 g/mol. The van der Waals surface area contributed by atoms with Crippen LogP contribution in [0, 0.1) is 0 Å². The van der Waals surface area contributed by atoms with E-state index in [1.165, 1.54) is 12.5 Å². The van der Waals surface area contributed by atoms with E-state index < -0.39 is 0 Å². The molecule has 1 unspecified atom stereocenters. The summed E-state index contributed by atoms with van der Waals surface area (Å²) < 4.78 is 0. The molecule has 4 nitrogen and oxygen atoms in total. The third-order valence-electron chi connectivity index (χ3n) is 3.29. The number of hydrogen-bond donors (Lipinski definition) is 2. The predicted octanol–water partition coefficient (Wildman–Crippen LogP) is 2.93. The van der Waals surface area contributed by atoms with Crippen LogP contribution in [0.1, 0.15) is 31.0 Å². The van der Waals surface area contributed by atoms with Crippen LogP contribution < -0.4 is 10.6 Å². The maximum Gasteiger partial charge on any atom is 0.221 e. The van der Waals surface area contributed by atoms with E-state index in [4.69, 9.17) is 0 Å². The van der Waals surface area contributed by atoms with Gasteiger partial charge in [-0.3, -0.25) is 9.78 Å². The molecule has 1 aromatic carbocycles. The molecule has 1 heterocycles. The first kappa shape index (κ1) is 15.2. The van der Waals surface area contributed by atoms with E-state index in [1.807, 2.05) is 30.5 Å². The van der Waals surface area contributed by atoms with Crippen LogP contribution in [0.15, 0.2) is 48.8 Å². The van der Waals surface area contributed by atoms with Crippen molar-refractivity contribution in [3.63, 3.8) is 0 Å². The summed E-state index contributed by atoms with van der Waals surface area (Å²) in [7, 11) is 0. The molecule has 0 aliphatic heterocycles. The summed E-state index contributed by atoms with van der Waals surface area (Å²) in [6.07, 6.45) is 4.63. The lowest BCUT2D eigenvalue weighted by atomic mass is 10.1. The van der Waals surface area contributed by atoms with Gasteiger partial charge in [0.1, 0.15) is 0 Å². The van der Waals surface area contributed by atoms with Crippen molar-refractivity contribution in [2.75, 3.05) is 11.9 Å². The van der Waals surface area contributed by atoms with E-state index in [2.05, 4.69) is 34.7 Å². The Labute approximate surface area is 125 Å². The fraction of sp³-hybridized carbons (Fsp3) is 0.294. The van der Waals surface area contributed by atoms with E-state index in [0.717, 1.165) is 24.2 Å². The topological polar surface area (TPSA) is 54.0 Å². The summed E-state index contributed by atoms with van der Waals surface area (Å²) in [6.45, 7) is 4.52. The lowest BCUT2D eigenvalue weighted by molar-refractivity contribution is -0.114. The molecule has 4 heteroatoms. The Balaban J connectivity index is 1.88. The minimum absolute atomic E-state index is 0.0515. The highest BCUT2D eigenvalue weighted by molar-refractivity contribution is 5.88. The highest BCUT2D eigenvalue weighted by Gasteiger charge is 2.06. The van der Waals surface area contributed by atoms with Crippen LogP contribution >= 0.6 is 0 Å². The first-order valence-electron chi connectivity index (χ1n) is 7.15. The quantitative estimate of drug-likeness (QED) is 0.857. The zero-order valence-corrected chi connectivity index (χ0v) is 12.5. The minimum atomic E-state index is -0.0515. The van der Waals surface area contributed by atoms with Crippen LogP contribution in [0.25, 0.3) is 0 Å². The molecule has 0 spiro atoms. The molecule has 2 N–H and O–H groups in total. The second kappa shape index (κ2) is 7.55. The molecular formula is C17H21N3O. The predicted molar refractivity (Wildman–Crippen MR) is 85.1 cm³/mol. The Hall–Kier alpha value is -2.20. The van der Waals surface area contributed by atoms with Crippen molar-refractivity contribution in [3.05, 3.63) is 59.9 Å². The summed E-state index contributed by atoms with van der Waals surface area (Å²) in [6, 6.07) is 12.2. The number of pyridine rings is 1. The van der Waals surface area contributed by atoms with Crippen molar-refractivity contribution in [3.8, 4) is 0 Å². The lowest BCUT2D eigenvalue weighted by Gasteiger charge is -2.15. The van der Waals surface area contributed by atoms with Crippen LogP contribution in [0.4, 0.5) is 5.69 Å². The average Bonchev–Trinajstić information content (AvgIpc) is 2.48. The van der Waals surface area contributed by atoms with E-state index in [9.17, 15) is 4.79 Å². The Morgan fingerprint density at radius 1 is 1.29 bits per heavy atom. The van der Waals surface area contributed by atoms with Gasteiger partial charge in [-0.1, -0.05) is 18.2 Å². The molecule has 2 aromatic rings. The summed E-state index contributed by atoms with van der Waals surface area (Å²) in [5.41, 5.74) is 3.22. The molecule has 0 saturated carbocycles. The number of aromatic nitrogens is 1. The fourth-order valence-corrected chi connectivity index (χ4v) is 2.19. The molecule has 0 fully saturated rings. The largest absolute Gasteiger partial charge is 0.326 e. The Morgan fingerprint density at radius 2 is 2.14 bits per heavy atom. The van der Waals surface area contributed by atoms with Crippen LogP contribution in [0.3, 0.4) is 0 Å². The Kier molecular flexibility index (Phi) is 5.46. The van der Waals surface area contributed by atoms with Crippen LogP contribution in [-0.2, 0) is 11.2 Å². The van der Waals surface area contributed by atoms with Gasteiger partial charge in [0.25, 0.3) is 0 Å². The van der Waals surface area contributed by atoms with Gasteiger partial charge in [0.05, 0.1) is 0 Å². The molecule has 1 atom stereocenters. The molecule has 2 rings (SSSR count).